The van der Waals surface area contributed by atoms with Crippen molar-refractivity contribution in [1.29, 1.82) is 0 Å². The standard InChI is InChI=1S/C8H14N2O2/c1-6-2-3-10(7(6)5-11)8(12)4-9/h5-7H,2-4,9H2,1H3/t6-,7?/m1/s1. The summed E-state index contributed by atoms with van der Waals surface area (Å²) in [6.07, 6.45) is 1.74. The lowest BCUT2D eigenvalue weighted by molar-refractivity contribution is -0.133. The highest BCUT2D eigenvalue weighted by Crippen LogP contribution is 2.21. The van der Waals surface area contributed by atoms with Gasteiger partial charge in [0.2, 0.25) is 5.91 Å². The van der Waals surface area contributed by atoms with Crippen molar-refractivity contribution in [1.82, 2.24) is 4.90 Å². The fourth-order valence-corrected chi connectivity index (χ4v) is 1.59. The molecule has 2 atom stereocenters. The molecule has 0 bridgehead atoms. The number of carbonyl (C=O) groups is 2. The summed E-state index contributed by atoms with van der Waals surface area (Å²) in [6, 6.07) is -0.249. The molecule has 1 rings (SSSR count). The van der Waals surface area contributed by atoms with Crippen LogP contribution in [0.3, 0.4) is 0 Å². The zero-order valence-electron chi connectivity index (χ0n) is 7.19. The third kappa shape index (κ3) is 1.48. The van der Waals surface area contributed by atoms with Crippen molar-refractivity contribution in [3.8, 4) is 0 Å². The van der Waals surface area contributed by atoms with E-state index in [0.717, 1.165) is 12.7 Å². The zero-order valence-corrected chi connectivity index (χ0v) is 7.19. The van der Waals surface area contributed by atoms with E-state index in [9.17, 15) is 9.59 Å². The second-order valence-electron chi connectivity index (χ2n) is 3.18. The molecule has 0 aromatic carbocycles. The van der Waals surface area contributed by atoms with Gasteiger partial charge in [-0.25, -0.2) is 0 Å². The van der Waals surface area contributed by atoms with Crippen LogP contribution in [0.5, 0.6) is 0 Å². The van der Waals surface area contributed by atoms with Crippen molar-refractivity contribution < 1.29 is 9.59 Å². The highest BCUT2D eigenvalue weighted by atomic mass is 16.2. The molecular formula is C8H14N2O2. The minimum absolute atomic E-state index is 0.00292. The van der Waals surface area contributed by atoms with E-state index in [1.54, 1.807) is 4.90 Å². The molecule has 0 radical (unpaired) electrons. The van der Waals surface area contributed by atoms with Crippen LogP contribution in [0, 0.1) is 5.92 Å². The molecule has 68 valence electrons. The topological polar surface area (TPSA) is 63.4 Å². The molecule has 12 heavy (non-hydrogen) atoms. The molecule has 2 N–H and O–H groups in total. The van der Waals surface area contributed by atoms with Crippen LogP contribution in [0.4, 0.5) is 0 Å². The van der Waals surface area contributed by atoms with Crippen LogP contribution in [0.15, 0.2) is 0 Å². The molecule has 0 aliphatic carbocycles. The molecule has 0 saturated carbocycles. The van der Waals surface area contributed by atoms with Crippen LogP contribution in [-0.4, -0.2) is 36.2 Å². The van der Waals surface area contributed by atoms with E-state index < -0.39 is 0 Å². The van der Waals surface area contributed by atoms with Crippen molar-refractivity contribution >= 4 is 12.2 Å². The number of likely N-dealkylation sites (tertiary alicyclic amines) is 1. The summed E-state index contributed by atoms with van der Waals surface area (Å²) in [5.74, 6) is 0.148. The van der Waals surface area contributed by atoms with Gasteiger partial charge in [-0.1, -0.05) is 6.92 Å². The largest absolute Gasteiger partial charge is 0.332 e. The van der Waals surface area contributed by atoms with E-state index in [1.807, 2.05) is 6.92 Å². The maximum absolute atomic E-state index is 11.2. The Morgan fingerprint density at radius 3 is 2.92 bits per heavy atom. The number of rotatable bonds is 2. The lowest BCUT2D eigenvalue weighted by atomic mass is 10.0. The minimum atomic E-state index is -0.249. The van der Waals surface area contributed by atoms with Crippen molar-refractivity contribution in [2.45, 2.75) is 19.4 Å². The highest BCUT2D eigenvalue weighted by molar-refractivity contribution is 5.82. The van der Waals surface area contributed by atoms with E-state index in [2.05, 4.69) is 0 Å². The van der Waals surface area contributed by atoms with E-state index in [-0.39, 0.29) is 24.4 Å². The van der Waals surface area contributed by atoms with Crippen LogP contribution >= 0.6 is 0 Å². The van der Waals surface area contributed by atoms with Crippen LogP contribution in [0.25, 0.3) is 0 Å². The van der Waals surface area contributed by atoms with Gasteiger partial charge in [0, 0.05) is 6.54 Å². The maximum Gasteiger partial charge on any atom is 0.236 e. The first-order chi connectivity index (χ1) is 5.70. The Hall–Kier alpha value is -0.900. The monoisotopic (exact) mass is 170 g/mol. The number of hydrogen-bond acceptors (Lipinski definition) is 3. The number of nitrogens with zero attached hydrogens (tertiary/aromatic N) is 1. The average molecular weight is 170 g/mol. The SMILES string of the molecule is C[C@@H]1CCN(C(=O)CN)C1C=O. The van der Waals surface area contributed by atoms with Crippen LogP contribution in [0.1, 0.15) is 13.3 Å². The molecule has 4 heteroatoms. The summed E-state index contributed by atoms with van der Waals surface area (Å²) in [7, 11) is 0. The minimum Gasteiger partial charge on any atom is -0.332 e. The Balaban J connectivity index is 2.66. The molecule has 1 aliphatic heterocycles. The predicted octanol–water partition coefficient (Wildman–Crippen LogP) is -0.619. The first-order valence-corrected chi connectivity index (χ1v) is 4.15. The summed E-state index contributed by atoms with van der Waals surface area (Å²) < 4.78 is 0. The molecule has 4 nitrogen and oxygen atoms in total. The van der Waals surface area contributed by atoms with Crippen molar-refractivity contribution in [3.05, 3.63) is 0 Å². The van der Waals surface area contributed by atoms with E-state index >= 15 is 0 Å². The lowest BCUT2D eigenvalue weighted by Gasteiger charge is -2.21. The van der Waals surface area contributed by atoms with E-state index in [1.165, 1.54) is 0 Å². The van der Waals surface area contributed by atoms with Gasteiger partial charge in [-0.3, -0.25) is 4.79 Å². The zero-order chi connectivity index (χ0) is 9.14. The van der Waals surface area contributed by atoms with Gasteiger partial charge < -0.3 is 15.4 Å². The Labute approximate surface area is 71.7 Å². The first-order valence-electron chi connectivity index (χ1n) is 4.15. The van der Waals surface area contributed by atoms with Crippen LogP contribution in [0.2, 0.25) is 0 Å². The molecule has 1 aliphatic rings. The summed E-state index contributed by atoms with van der Waals surface area (Å²) in [4.78, 5) is 23.4. The maximum atomic E-state index is 11.2. The molecule has 0 spiro atoms. The van der Waals surface area contributed by atoms with Crippen LogP contribution < -0.4 is 5.73 Å². The van der Waals surface area contributed by atoms with Gasteiger partial charge in [-0.15, -0.1) is 0 Å². The Bertz CT molecular complexity index is 193. The normalized spacial score (nSPS) is 29.0. The third-order valence-electron chi connectivity index (χ3n) is 2.40. The van der Waals surface area contributed by atoms with Gasteiger partial charge in [0.1, 0.15) is 6.29 Å². The second kappa shape index (κ2) is 3.67. The molecule has 0 aromatic heterocycles. The second-order valence-corrected chi connectivity index (χ2v) is 3.18. The number of amides is 1. The van der Waals surface area contributed by atoms with E-state index in [4.69, 9.17) is 5.73 Å². The molecule has 1 heterocycles. The average Bonchev–Trinajstić information content (AvgIpc) is 2.45. The number of aldehydes is 1. The van der Waals surface area contributed by atoms with Gasteiger partial charge >= 0.3 is 0 Å². The highest BCUT2D eigenvalue weighted by Gasteiger charge is 2.33. The Morgan fingerprint density at radius 2 is 2.42 bits per heavy atom. The van der Waals surface area contributed by atoms with Gasteiger partial charge in [0.05, 0.1) is 12.6 Å². The molecular weight excluding hydrogens is 156 g/mol. The molecule has 1 unspecified atom stereocenters. The molecule has 1 amide bonds. The quantitative estimate of drug-likeness (QED) is 0.562. The predicted molar refractivity (Wildman–Crippen MR) is 44.4 cm³/mol. The number of nitrogens with two attached hydrogens (primary N) is 1. The van der Waals surface area contributed by atoms with Gasteiger partial charge in [-0.2, -0.15) is 0 Å². The summed E-state index contributed by atoms with van der Waals surface area (Å²) >= 11 is 0. The van der Waals surface area contributed by atoms with Crippen molar-refractivity contribution in [3.63, 3.8) is 0 Å². The Morgan fingerprint density at radius 1 is 1.75 bits per heavy atom. The summed E-state index contributed by atoms with van der Waals surface area (Å²) in [5, 5.41) is 0. The fourth-order valence-electron chi connectivity index (χ4n) is 1.59. The first kappa shape index (κ1) is 9.19. The van der Waals surface area contributed by atoms with Gasteiger partial charge in [0.25, 0.3) is 0 Å². The van der Waals surface area contributed by atoms with Crippen molar-refractivity contribution in [2.24, 2.45) is 11.7 Å². The van der Waals surface area contributed by atoms with Crippen molar-refractivity contribution in [2.75, 3.05) is 13.1 Å². The molecule has 1 saturated heterocycles. The Kier molecular flexibility index (Phi) is 2.81. The number of carbonyl (C=O) groups excluding carboxylic acids is 2. The van der Waals surface area contributed by atoms with Gasteiger partial charge in [-0.05, 0) is 12.3 Å². The number of hydrogen-bond donors (Lipinski definition) is 1. The molecule has 0 aromatic rings. The molecule has 1 fully saturated rings. The summed E-state index contributed by atoms with van der Waals surface area (Å²) in [5.41, 5.74) is 5.21. The summed E-state index contributed by atoms with van der Waals surface area (Å²) in [6.45, 7) is 2.64. The third-order valence-corrected chi connectivity index (χ3v) is 2.40. The fraction of sp³-hybridized carbons (Fsp3) is 0.750. The van der Waals surface area contributed by atoms with Crippen LogP contribution in [-0.2, 0) is 9.59 Å². The lowest BCUT2D eigenvalue weighted by Crippen LogP contribution is -2.41. The van der Waals surface area contributed by atoms with Gasteiger partial charge in [0.15, 0.2) is 0 Å². The smallest absolute Gasteiger partial charge is 0.236 e. The van der Waals surface area contributed by atoms with E-state index in [0.29, 0.717) is 6.54 Å².